The van der Waals surface area contributed by atoms with Gasteiger partial charge >= 0.3 is 0 Å². The van der Waals surface area contributed by atoms with Gasteiger partial charge in [0, 0.05) is 42.5 Å². The highest BCUT2D eigenvalue weighted by Gasteiger charge is 2.51. The van der Waals surface area contributed by atoms with E-state index in [-0.39, 0.29) is 30.2 Å². The number of carbonyl (C=O) groups is 2. The van der Waals surface area contributed by atoms with Gasteiger partial charge < -0.3 is 35.0 Å². The van der Waals surface area contributed by atoms with Crippen LogP contribution in [0.15, 0.2) is 78.9 Å². The summed E-state index contributed by atoms with van der Waals surface area (Å²) in [6.45, 7) is 4.08. The minimum absolute atomic E-state index is 0.00167. The van der Waals surface area contributed by atoms with Crippen molar-refractivity contribution < 1.29 is 46.1 Å². The maximum absolute atomic E-state index is 14.4. The van der Waals surface area contributed by atoms with Crippen LogP contribution in [-0.4, -0.2) is 59.8 Å². The number of carbonyl (C=O) groups excluding carboxylic acids is 2. The normalized spacial score (nSPS) is 22.9. The summed E-state index contributed by atoms with van der Waals surface area (Å²) in [5.41, 5.74) is 0.687. The number of ether oxygens (including phenoxy) is 2. The number of likely N-dealkylation sites (tertiary alicyclic amines) is 1. The molecular weight excluding hydrogens is 699 g/mol. The van der Waals surface area contributed by atoms with E-state index in [0.717, 1.165) is 16.8 Å². The number of amides is 2. The lowest BCUT2D eigenvalue weighted by Gasteiger charge is -2.46. The third kappa shape index (κ3) is 6.87. The fraction of sp³-hybridized carbons (Fsp3) is 0.333. The van der Waals surface area contributed by atoms with E-state index < -0.39 is 58.5 Å². The van der Waals surface area contributed by atoms with Crippen molar-refractivity contribution in [3.8, 4) is 0 Å². The maximum Gasteiger partial charge on any atom is 0.261 e. The Kier molecular flexibility index (Phi) is 10.2. The van der Waals surface area contributed by atoms with Gasteiger partial charge in [0.2, 0.25) is 11.7 Å². The molecule has 4 atom stereocenters. The lowest BCUT2D eigenvalue weighted by Crippen LogP contribution is -2.57. The Morgan fingerprint density at radius 2 is 1.53 bits per heavy atom. The van der Waals surface area contributed by atoms with Crippen LogP contribution >= 0.6 is 0 Å². The topological polar surface area (TPSA) is 103 Å². The Morgan fingerprint density at radius 1 is 0.868 bits per heavy atom. The predicted molar refractivity (Wildman–Crippen MR) is 184 cm³/mol. The number of hydrogen-bond donors (Lipinski definition) is 3. The fourth-order valence-electron chi connectivity index (χ4n) is 7.48. The molecule has 0 radical (unpaired) electrons. The number of aliphatic hydroxyl groups excluding tert-OH is 1. The van der Waals surface area contributed by atoms with E-state index in [1.54, 1.807) is 18.2 Å². The number of nitrogens with zero attached hydrogens (tertiary/aromatic N) is 2. The molecule has 4 aromatic rings. The van der Waals surface area contributed by atoms with Crippen molar-refractivity contribution in [2.45, 2.75) is 50.4 Å². The lowest BCUT2D eigenvalue weighted by molar-refractivity contribution is -0.276. The van der Waals surface area contributed by atoms with Gasteiger partial charge in [-0.25, -0.2) is 22.0 Å². The van der Waals surface area contributed by atoms with Crippen LogP contribution < -0.4 is 15.5 Å². The van der Waals surface area contributed by atoms with Crippen molar-refractivity contribution in [1.82, 2.24) is 10.2 Å². The smallest absolute Gasteiger partial charge is 0.261 e. The zero-order valence-electron chi connectivity index (χ0n) is 28.6. The molecule has 1 spiro atoms. The zero-order chi connectivity index (χ0) is 37.4. The average Bonchev–Trinajstić information content (AvgIpc) is 3.49. The molecule has 3 fully saturated rings. The molecule has 3 heterocycles. The monoisotopic (exact) mass is 736 g/mol. The number of para-hydroxylation sites is 1. The van der Waals surface area contributed by atoms with E-state index in [4.69, 9.17) is 9.47 Å². The first-order valence-corrected chi connectivity index (χ1v) is 17.3. The second-order valence-electron chi connectivity index (χ2n) is 13.6. The molecule has 4 aromatic carbocycles. The third-order valence-corrected chi connectivity index (χ3v) is 10.5. The molecule has 9 nitrogen and oxygen atoms in total. The SMILES string of the molecule is C[C@H]1[C@@H](CN2CCC3(CC2)C(=O)NCN3c2ccccc2)O[C@@H](c2cccc(NC(=O)c3c(F)c(F)c(F)c(F)c3F)c2)O[C@H]1c1ccc(CO)cc1. The van der Waals surface area contributed by atoms with Gasteiger partial charge in [-0.2, -0.15) is 0 Å². The molecular formula is C39H37F5N4O5. The number of anilines is 2. The van der Waals surface area contributed by atoms with Crippen LogP contribution in [-0.2, 0) is 20.9 Å². The second-order valence-corrected chi connectivity index (χ2v) is 13.6. The Morgan fingerprint density at radius 3 is 2.19 bits per heavy atom. The van der Waals surface area contributed by atoms with Crippen LogP contribution in [0, 0.1) is 35.0 Å². The van der Waals surface area contributed by atoms with Crippen molar-refractivity contribution in [2.75, 3.05) is 36.5 Å². The van der Waals surface area contributed by atoms with Gasteiger partial charge in [-0.1, -0.05) is 61.5 Å². The molecule has 2 amide bonds. The summed E-state index contributed by atoms with van der Waals surface area (Å²) in [6, 6.07) is 23.2. The van der Waals surface area contributed by atoms with Crippen molar-refractivity contribution in [1.29, 1.82) is 0 Å². The van der Waals surface area contributed by atoms with E-state index >= 15 is 0 Å². The van der Waals surface area contributed by atoms with E-state index in [2.05, 4.69) is 20.4 Å². The van der Waals surface area contributed by atoms with Crippen LogP contribution in [0.4, 0.5) is 33.3 Å². The van der Waals surface area contributed by atoms with Gasteiger partial charge in [-0.15, -0.1) is 0 Å². The van der Waals surface area contributed by atoms with Crippen LogP contribution in [0.1, 0.15) is 59.2 Å². The molecule has 0 saturated carbocycles. The molecule has 14 heteroatoms. The van der Waals surface area contributed by atoms with Crippen molar-refractivity contribution in [3.63, 3.8) is 0 Å². The largest absolute Gasteiger partial charge is 0.392 e. The highest BCUT2D eigenvalue weighted by atomic mass is 19.2. The van der Waals surface area contributed by atoms with Crippen molar-refractivity contribution in [2.24, 2.45) is 5.92 Å². The molecule has 3 saturated heterocycles. The maximum atomic E-state index is 14.4. The summed E-state index contributed by atoms with van der Waals surface area (Å²) in [5, 5.41) is 14.8. The van der Waals surface area contributed by atoms with Crippen LogP contribution in [0.2, 0.25) is 0 Å². The molecule has 3 N–H and O–H groups in total. The molecule has 0 unspecified atom stereocenters. The first-order chi connectivity index (χ1) is 25.5. The second kappa shape index (κ2) is 14.9. The van der Waals surface area contributed by atoms with Gasteiger partial charge in [-0.05, 0) is 48.2 Å². The van der Waals surface area contributed by atoms with E-state index in [0.29, 0.717) is 44.7 Å². The number of aliphatic hydroxyl groups is 1. The first-order valence-electron chi connectivity index (χ1n) is 17.3. The number of halogens is 5. The molecule has 0 aliphatic carbocycles. The van der Waals surface area contributed by atoms with Crippen LogP contribution in [0.5, 0.6) is 0 Å². The quantitative estimate of drug-likeness (QED) is 0.110. The Balaban J connectivity index is 1.12. The Bertz CT molecular complexity index is 1970. The summed E-state index contributed by atoms with van der Waals surface area (Å²) in [6.07, 6.45) is -0.657. The summed E-state index contributed by atoms with van der Waals surface area (Å²) < 4.78 is 83.1. The molecule has 3 aliphatic rings. The van der Waals surface area contributed by atoms with Gasteiger partial charge in [0.1, 0.15) is 11.1 Å². The minimum atomic E-state index is -2.36. The molecule has 7 rings (SSSR count). The zero-order valence-corrected chi connectivity index (χ0v) is 28.6. The molecule has 0 aromatic heterocycles. The standard InChI is InChI=1S/C39H37F5N4O5/c1-22-28(19-47-16-14-39(15-17-47)38(51)45-21-48(39)27-8-3-2-4-9-27)52-37(53-35(22)24-12-10-23(20-49)11-13-24)25-6-5-7-26(18-25)46-36(50)29-30(40)32(42)34(44)33(43)31(29)41/h2-13,18,22,28,35,37,49H,14-17,19-21H2,1H3,(H,45,51)(H,46,50)/t22-,28+,35+,37+/m0/s1. The summed E-state index contributed by atoms with van der Waals surface area (Å²) in [4.78, 5) is 30.5. The fourth-order valence-corrected chi connectivity index (χ4v) is 7.48. The number of nitrogens with one attached hydrogen (secondary N) is 2. The van der Waals surface area contributed by atoms with E-state index in [1.807, 2.05) is 49.4 Å². The molecule has 3 aliphatic heterocycles. The molecule has 0 bridgehead atoms. The summed E-state index contributed by atoms with van der Waals surface area (Å²) >= 11 is 0. The highest BCUT2D eigenvalue weighted by Crippen LogP contribution is 2.43. The van der Waals surface area contributed by atoms with E-state index in [9.17, 15) is 36.6 Å². The van der Waals surface area contributed by atoms with Crippen LogP contribution in [0.25, 0.3) is 0 Å². The Labute approximate surface area is 302 Å². The number of piperidine rings is 1. The van der Waals surface area contributed by atoms with Crippen LogP contribution in [0.3, 0.4) is 0 Å². The molecule has 53 heavy (non-hydrogen) atoms. The van der Waals surface area contributed by atoms with Crippen molar-refractivity contribution in [3.05, 3.63) is 130 Å². The average molecular weight is 737 g/mol. The predicted octanol–water partition coefficient (Wildman–Crippen LogP) is 6.35. The highest BCUT2D eigenvalue weighted by molar-refractivity contribution is 6.04. The van der Waals surface area contributed by atoms with Gasteiger partial charge in [0.05, 0.1) is 25.5 Å². The van der Waals surface area contributed by atoms with Crippen molar-refractivity contribution >= 4 is 23.2 Å². The van der Waals surface area contributed by atoms with Gasteiger partial charge in [0.25, 0.3) is 5.91 Å². The minimum Gasteiger partial charge on any atom is -0.392 e. The molecule has 278 valence electrons. The third-order valence-electron chi connectivity index (χ3n) is 10.5. The van der Waals surface area contributed by atoms with Gasteiger partial charge in [0.15, 0.2) is 29.6 Å². The lowest BCUT2D eigenvalue weighted by atomic mass is 9.84. The summed E-state index contributed by atoms with van der Waals surface area (Å²) in [5.74, 6) is -13.0. The summed E-state index contributed by atoms with van der Waals surface area (Å²) in [7, 11) is 0. The number of benzene rings is 4. The van der Waals surface area contributed by atoms with Gasteiger partial charge in [-0.3, -0.25) is 9.59 Å². The number of rotatable bonds is 8. The first kappa shape index (κ1) is 36.5. The Hall–Kier alpha value is -4.89. The number of hydrogen-bond acceptors (Lipinski definition) is 7. The van der Waals surface area contributed by atoms with E-state index in [1.165, 1.54) is 18.2 Å².